The van der Waals surface area contributed by atoms with Gasteiger partial charge in [-0.25, -0.2) is 0 Å². The molecule has 2 aromatic carbocycles. The first-order chi connectivity index (χ1) is 12.3. The quantitative estimate of drug-likeness (QED) is 0.559. The van der Waals surface area contributed by atoms with Crippen LogP contribution in [0.1, 0.15) is 42.9 Å². The highest BCUT2D eigenvalue weighted by atomic mass is 16.5. The van der Waals surface area contributed by atoms with Gasteiger partial charge in [0, 0.05) is 25.3 Å². The number of aryl methyl sites for hydroxylation is 1. The van der Waals surface area contributed by atoms with Gasteiger partial charge in [-0.3, -0.25) is 0 Å². The molecule has 0 amide bonds. The molecule has 0 spiro atoms. The minimum atomic E-state index is 0.601. The lowest BCUT2D eigenvalue weighted by Crippen LogP contribution is -2.17. The van der Waals surface area contributed by atoms with Crippen molar-refractivity contribution in [2.24, 2.45) is 0 Å². The molecule has 0 aliphatic rings. The molecule has 0 bridgehead atoms. The average Bonchev–Trinajstić information content (AvgIpc) is 2.63. The molecule has 0 saturated heterocycles. The van der Waals surface area contributed by atoms with Crippen LogP contribution in [0.2, 0.25) is 0 Å². The van der Waals surface area contributed by atoms with Crippen LogP contribution in [0.25, 0.3) is 0 Å². The van der Waals surface area contributed by atoms with Gasteiger partial charge in [-0.2, -0.15) is 0 Å². The lowest BCUT2D eigenvalue weighted by atomic mass is 10.1. The summed E-state index contributed by atoms with van der Waals surface area (Å²) in [5.74, 6) is 0.954. The van der Waals surface area contributed by atoms with Crippen LogP contribution in [0.4, 0.5) is 0 Å². The van der Waals surface area contributed by atoms with Gasteiger partial charge >= 0.3 is 0 Å². The maximum absolute atomic E-state index is 6.04. The predicted molar refractivity (Wildman–Crippen MR) is 104 cm³/mol. The van der Waals surface area contributed by atoms with Crippen molar-refractivity contribution in [3.8, 4) is 5.75 Å². The maximum Gasteiger partial charge on any atom is 0.124 e. The zero-order valence-corrected chi connectivity index (χ0v) is 15.6. The fraction of sp³-hybridized carbons (Fsp3) is 0.455. The molecule has 2 rings (SSSR count). The van der Waals surface area contributed by atoms with Crippen molar-refractivity contribution < 1.29 is 9.47 Å². The number of rotatable bonds is 12. The molecule has 0 aliphatic carbocycles. The minimum Gasteiger partial charge on any atom is -0.489 e. The van der Waals surface area contributed by atoms with Crippen LogP contribution in [-0.2, 0) is 17.9 Å². The van der Waals surface area contributed by atoms with Crippen molar-refractivity contribution in [3.05, 3.63) is 65.2 Å². The summed E-state index contributed by atoms with van der Waals surface area (Å²) >= 11 is 0. The molecule has 0 fully saturated rings. The number of unbranched alkanes of at least 4 members (excludes halogenated alkanes) is 1. The van der Waals surface area contributed by atoms with E-state index in [1.165, 1.54) is 23.1 Å². The highest BCUT2D eigenvalue weighted by Crippen LogP contribution is 2.19. The lowest BCUT2D eigenvalue weighted by Gasteiger charge is -2.12. The van der Waals surface area contributed by atoms with E-state index < -0.39 is 0 Å². The summed E-state index contributed by atoms with van der Waals surface area (Å²) < 4.78 is 11.6. The Bertz CT molecular complexity index is 612. The Balaban J connectivity index is 1.72. The van der Waals surface area contributed by atoms with Crippen LogP contribution in [0.3, 0.4) is 0 Å². The molecule has 3 heteroatoms. The Morgan fingerprint density at radius 1 is 0.960 bits per heavy atom. The van der Waals surface area contributed by atoms with Crippen molar-refractivity contribution >= 4 is 0 Å². The van der Waals surface area contributed by atoms with Crippen molar-refractivity contribution in [3.63, 3.8) is 0 Å². The van der Waals surface area contributed by atoms with Crippen LogP contribution in [0.15, 0.2) is 48.5 Å². The van der Waals surface area contributed by atoms with Gasteiger partial charge < -0.3 is 14.8 Å². The van der Waals surface area contributed by atoms with Crippen LogP contribution in [-0.4, -0.2) is 19.8 Å². The molecular weight excluding hydrogens is 310 g/mol. The van der Waals surface area contributed by atoms with E-state index in [9.17, 15) is 0 Å². The van der Waals surface area contributed by atoms with Crippen LogP contribution in [0.5, 0.6) is 5.75 Å². The van der Waals surface area contributed by atoms with Gasteiger partial charge in [0.1, 0.15) is 12.4 Å². The second-order valence-corrected chi connectivity index (χ2v) is 6.38. The van der Waals surface area contributed by atoms with E-state index in [4.69, 9.17) is 9.47 Å². The van der Waals surface area contributed by atoms with E-state index in [1.54, 1.807) is 0 Å². The van der Waals surface area contributed by atoms with Gasteiger partial charge in [0.15, 0.2) is 0 Å². The summed E-state index contributed by atoms with van der Waals surface area (Å²) in [6.07, 6.45) is 3.38. The third-order valence-electron chi connectivity index (χ3n) is 4.05. The fourth-order valence-electron chi connectivity index (χ4n) is 2.62. The molecule has 0 saturated carbocycles. The topological polar surface area (TPSA) is 30.5 Å². The monoisotopic (exact) mass is 341 g/mol. The van der Waals surface area contributed by atoms with Gasteiger partial charge in [0.2, 0.25) is 0 Å². The molecule has 136 valence electrons. The van der Waals surface area contributed by atoms with E-state index in [2.05, 4.69) is 55.6 Å². The van der Waals surface area contributed by atoms with Gasteiger partial charge in [0.25, 0.3) is 0 Å². The Hall–Kier alpha value is -1.84. The Kier molecular flexibility index (Phi) is 9.09. The van der Waals surface area contributed by atoms with Gasteiger partial charge in [-0.1, -0.05) is 61.4 Å². The largest absolute Gasteiger partial charge is 0.489 e. The highest BCUT2D eigenvalue weighted by molar-refractivity contribution is 5.33. The Morgan fingerprint density at radius 3 is 2.64 bits per heavy atom. The summed E-state index contributed by atoms with van der Waals surface area (Å²) in [5, 5.41) is 3.48. The lowest BCUT2D eigenvalue weighted by molar-refractivity contribution is 0.128. The molecular formula is C22H31NO2. The first-order valence-electron chi connectivity index (χ1n) is 9.34. The SMILES string of the molecule is CCCCOCCCNCc1ccccc1OCc1cccc(C)c1. The van der Waals surface area contributed by atoms with E-state index >= 15 is 0 Å². The van der Waals surface area contributed by atoms with Crippen molar-refractivity contribution in [2.45, 2.75) is 46.3 Å². The standard InChI is InChI=1S/C22H31NO2/c1-3-4-14-24-15-8-13-23-17-21-11-5-6-12-22(21)25-18-20-10-7-9-19(2)16-20/h5-7,9-12,16,23H,3-4,8,13-15,17-18H2,1-2H3. The Morgan fingerprint density at radius 2 is 1.80 bits per heavy atom. The zero-order chi connectivity index (χ0) is 17.7. The molecule has 0 heterocycles. The van der Waals surface area contributed by atoms with Crippen molar-refractivity contribution in [1.29, 1.82) is 0 Å². The normalized spacial score (nSPS) is 10.8. The van der Waals surface area contributed by atoms with Crippen LogP contribution < -0.4 is 10.1 Å². The molecule has 3 nitrogen and oxygen atoms in total. The molecule has 0 aromatic heterocycles. The van der Waals surface area contributed by atoms with Crippen LogP contribution in [0, 0.1) is 6.92 Å². The van der Waals surface area contributed by atoms with Crippen LogP contribution >= 0.6 is 0 Å². The van der Waals surface area contributed by atoms with Gasteiger partial charge in [0.05, 0.1) is 0 Å². The summed E-state index contributed by atoms with van der Waals surface area (Å²) in [7, 11) is 0. The second-order valence-electron chi connectivity index (χ2n) is 6.38. The first kappa shape index (κ1) is 19.5. The summed E-state index contributed by atoms with van der Waals surface area (Å²) in [6, 6.07) is 16.7. The third kappa shape index (κ3) is 7.72. The third-order valence-corrected chi connectivity index (χ3v) is 4.05. The Labute approximate surface area is 152 Å². The summed E-state index contributed by atoms with van der Waals surface area (Å²) in [5.41, 5.74) is 3.66. The van der Waals surface area contributed by atoms with Crippen molar-refractivity contribution in [2.75, 3.05) is 19.8 Å². The number of benzene rings is 2. The maximum atomic E-state index is 6.04. The minimum absolute atomic E-state index is 0.601. The molecule has 2 aromatic rings. The van der Waals surface area contributed by atoms with Crippen molar-refractivity contribution in [1.82, 2.24) is 5.32 Å². The summed E-state index contributed by atoms with van der Waals surface area (Å²) in [4.78, 5) is 0. The summed E-state index contributed by atoms with van der Waals surface area (Å²) in [6.45, 7) is 8.38. The molecule has 1 N–H and O–H groups in total. The predicted octanol–water partition coefficient (Wildman–Crippen LogP) is 4.87. The number of hydrogen-bond donors (Lipinski definition) is 1. The zero-order valence-electron chi connectivity index (χ0n) is 15.6. The second kappa shape index (κ2) is 11.7. The number of para-hydroxylation sites is 1. The van der Waals surface area contributed by atoms with Gasteiger partial charge in [-0.15, -0.1) is 0 Å². The smallest absolute Gasteiger partial charge is 0.124 e. The highest BCUT2D eigenvalue weighted by Gasteiger charge is 2.03. The van der Waals surface area contributed by atoms with E-state index in [0.29, 0.717) is 6.61 Å². The number of nitrogens with one attached hydrogen (secondary N) is 1. The first-order valence-corrected chi connectivity index (χ1v) is 9.34. The molecule has 0 radical (unpaired) electrons. The van der Waals surface area contributed by atoms with E-state index in [-0.39, 0.29) is 0 Å². The molecule has 0 atom stereocenters. The number of ether oxygens (including phenoxy) is 2. The number of hydrogen-bond acceptors (Lipinski definition) is 3. The average molecular weight is 341 g/mol. The molecule has 0 unspecified atom stereocenters. The molecule has 0 aliphatic heterocycles. The van der Waals surface area contributed by atoms with E-state index in [0.717, 1.165) is 44.9 Å². The fourth-order valence-corrected chi connectivity index (χ4v) is 2.62. The van der Waals surface area contributed by atoms with Gasteiger partial charge in [-0.05, 0) is 37.9 Å². The van der Waals surface area contributed by atoms with E-state index in [1.807, 2.05) is 12.1 Å². The molecule has 25 heavy (non-hydrogen) atoms.